The van der Waals surface area contributed by atoms with Crippen LogP contribution in [0.25, 0.3) is 0 Å². The van der Waals surface area contributed by atoms with Crippen molar-refractivity contribution in [1.29, 1.82) is 0 Å². The molecule has 0 aliphatic carbocycles. The molecule has 0 unspecified atom stereocenters. The van der Waals surface area contributed by atoms with E-state index in [2.05, 4.69) is 4.72 Å². The van der Waals surface area contributed by atoms with Gasteiger partial charge in [-0.05, 0) is 33.8 Å². The maximum atomic E-state index is 12.1. The minimum Gasteiger partial charge on any atom is -0.477 e. The summed E-state index contributed by atoms with van der Waals surface area (Å²) in [7, 11) is -3.88. The molecule has 19 heavy (non-hydrogen) atoms. The van der Waals surface area contributed by atoms with Gasteiger partial charge in [0.25, 0.3) is 0 Å². The molecule has 3 N–H and O–H groups in total. The summed E-state index contributed by atoms with van der Waals surface area (Å²) in [6.07, 6.45) is 0. The SMILES string of the molecule is CC(C)(O)C(C)(C)NS(=O)(=O)c1csc(C(=O)O)c1. The Bertz CT molecular complexity index is 580. The highest BCUT2D eigenvalue weighted by Gasteiger charge is 2.39. The number of thiophene rings is 1. The van der Waals surface area contributed by atoms with Crippen molar-refractivity contribution >= 4 is 27.3 Å². The monoisotopic (exact) mass is 307 g/mol. The summed E-state index contributed by atoms with van der Waals surface area (Å²) in [4.78, 5) is 10.6. The Morgan fingerprint density at radius 2 is 1.84 bits per heavy atom. The minimum atomic E-state index is -3.88. The Morgan fingerprint density at radius 3 is 2.21 bits per heavy atom. The molecule has 0 atom stereocenters. The molecule has 1 rings (SSSR count). The van der Waals surface area contributed by atoms with Crippen LogP contribution >= 0.6 is 11.3 Å². The predicted molar refractivity (Wildman–Crippen MR) is 72.0 cm³/mol. The van der Waals surface area contributed by atoms with Crippen molar-refractivity contribution in [1.82, 2.24) is 4.72 Å². The predicted octanol–water partition coefficient (Wildman–Crippen LogP) is 1.27. The van der Waals surface area contributed by atoms with Crippen molar-refractivity contribution in [3.8, 4) is 0 Å². The van der Waals surface area contributed by atoms with Crippen LogP contribution < -0.4 is 4.72 Å². The Morgan fingerprint density at radius 1 is 1.32 bits per heavy atom. The van der Waals surface area contributed by atoms with Crippen LogP contribution in [0.1, 0.15) is 37.4 Å². The molecule has 0 aliphatic rings. The number of sulfonamides is 1. The van der Waals surface area contributed by atoms with Gasteiger partial charge in [0.05, 0.1) is 16.0 Å². The molecule has 0 saturated heterocycles. The van der Waals surface area contributed by atoms with Gasteiger partial charge in [-0.3, -0.25) is 0 Å². The van der Waals surface area contributed by atoms with E-state index in [9.17, 15) is 18.3 Å². The molecule has 0 fully saturated rings. The number of carbonyl (C=O) groups is 1. The molecule has 1 aromatic heterocycles. The fraction of sp³-hybridized carbons (Fsp3) is 0.545. The third kappa shape index (κ3) is 3.53. The summed E-state index contributed by atoms with van der Waals surface area (Å²) in [6.45, 7) is 6.09. The zero-order chi connectivity index (χ0) is 15.1. The second-order valence-electron chi connectivity index (χ2n) is 5.24. The van der Waals surface area contributed by atoms with Crippen molar-refractivity contribution in [2.24, 2.45) is 0 Å². The van der Waals surface area contributed by atoms with E-state index in [4.69, 9.17) is 5.11 Å². The lowest BCUT2D eigenvalue weighted by Crippen LogP contribution is -2.57. The average Bonchev–Trinajstić information content (AvgIpc) is 2.62. The van der Waals surface area contributed by atoms with Gasteiger partial charge < -0.3 is 10.2 Å². The lowest BCUT2D eigenvalue weighted by Gasteiger charge is -2.37. The quantitative estimate of drug-likeness (QED) is 0.760. The highest BCUT2D eigenvalue weighted by Crippen LogP contribution is 2.25. The first-order valence-electron chi connectivity index (χ1n) is 5.45. The van der Waals surface area contributed by atoms with Crippen molar-refractivity contribution in [2.75, 3.05) is 0 Å². The third-order valence-electron chi connectivity index (χ3n) is 3.02. The number of hydrogen-bond donors (Lipinski definition) is 3. The van der Waals surface area contributed by atoms with Crippen molar-refractivity contribution in [2.45, 2.75) is 43.7 Å². The average molecular weight is 307 g/mol. The number of hydrogen-bond acceptors (Lipinski definition) is 5. The number of carboxylic acid groups (broad SMARTS) is 1. The second kappa shape index (κ2) is 4.86. The number of rotatable bonds is 5. The topological polar surface area (TPSA) is 104 Å². The zero-order valence-corrected chi connectivity index (χ0v) is 12.7. The summed E-state index contributed by atoms with van der Waals surface area (Å²) in [6, 6.07) is 1.09. The summed E-state index contributed by atoms with van der Waals surface area (Å²) in [5.74, 6) is -1.17. The highest BCUT2D eigenvalue weighted by atomic mass is 32.2. The summed E-state index contributed by atoms with van der Waals surface area (Å²) >= 11 is 0.837. The molecule has 0 aliphatic heterocycles. The third-order valence-corrected chi connectivity index (χ3v) is 5.72. The molecule has 8 heteroatoms. The number of nitrogens with one attached hydrogen (secondary N) is 1. The number of aliphatic hydroxyl groups is 1. The number of aromatic carboxylic acids is 1. The molecule has 0 aromatic carbocycles. The Hall–Kier alpha value is -0.960. The molecule has 6 nitrogen and oxygen atoms in total. The lowest BCUT2D eigenvalue weighted by atomic mass is 9.87. The van der Waals surface area contributed by atoms with Gasteiger partial charge in [0, 0.05) is 5.38 Å². The standard InChI is InChI=1S/C11H17NO5S2/c1-10(2,11(3,4)15)12-19(16,17)7-5-8(9(13)14)18-6-7/h5-6,12,15H,1-4H3,(H,13,14). The second-order valence-corrected chi connectivity index (χ2v) is 7.83. The zero-order valence-electron chi connectivity index (χ0n) is 11.1. The largest absolute Gasteiger partial charge is 0.477 e. The Kier molecular flexibility index (Phi) is 4.12. The van der Waals surface area contributed by atoms with E-state index in [1.807, 2.05) is 0 Å². The molecule has 1 aromatic rings. The van der Waals surface area contributed by atoms with Crippen molar-refractivity contribution < 1.29 is 23.4 Å². The van der Waals surface area contributed by atoms with Crippen LogP contribution in [-0.4, -0.2) is 35.7 Å². The first kappa shape index (κ1) is 16.1. The van der Waals surface area contributed by atoms with Gasteiger partial charge in [-0.25, -0.2) is 17.9 Å². The van der Waals surface area contributed by atoms with Gasteiger partial charge in [0.2, 0.25) is 10.0 Å². The Labute approximate surface area is 116 Å². The van der Waals surface area contributed by atoms with Gasteiger partial charge in [-0.1, -0.05) is 0 Å². The molecule has 0 bridgehead atoms. The van der Waals surface area contributed by atoms with E-state index in [0.29, 0.717) is 0 Å². The first-order chi connectivity index (χ1) is 8.37. The molecule has 108 valence electrons. The van der Waals surface area contributed by atoms with Crippen LogP contribution in [0.5, 0.6) is 0 Å². The molecule has 0 spiro atoms. The van der Waals surface area contributed by atoms with Crippen LogP contribution in [0.3, 0.4) is 0 Å². The number of carboxylic acids is 1. The minimum absolute atomic E-state index is 0.0542. The normalized spacial score (nSPS) is 13.5. The fourth-order valence-electron chi connectivity index (χ4n) is 1.09. The molecule has 0 saturated carbocycles. The highest BCUT2D eigenvalue weighted by molar-refractivity contribution is 7.89. The van der Waals surface area contributed by atoms with Gasteiger partial charge in [0.15, 0.2) is 0 Å². The summed E-state index contributed by atoms with van der Waals surface area (Å²) in [5, 5.41) is 20.0. The van der Waals surface area contributed by atoms with Crippen LogP contribution in [0, 0.1) is 0 Å². The molecular formula is C11H17NO5S2. The van der Waals surface area contributed by atoms with Crippen LogP contribution in [0.15, 0.2) is 16.3 Å². The van der Waals surface area contributed by atoms with E-state index < -0.39 is 27.1 Å². The smallest absolute Gasteiger partial charge is 0.345 e. The maximum absolute atomic E-state index is 12.1. The van der Waals surface area contributed by atoms with Crippen LogP contribution in [0.4, 0.5) is 0 Å². The maximum Gasteiger partial charge on any atom is 0.345 e. The van der Waals surface area contributed by atoms with Crippen molar-refractivity contribution in [3.63, 3.8) is 0 Å². The Balaban J connectivity index is 3.08. The van der Waals surface area contributed by atoms with E-state index in [0.717, 1.165) is 17.4 Å². The van der Waals surface area contributed by atoms with E-state index >= 15 is 0 Å². The van der Waals surface area contributed by atoms with Gasteiger partial charge in [0.1, 0.15) is 4.88 Å². The lowest BCUT2D eigenvalue weighted by molar-refractivity contribution is 0.00638. The summed E-state index contributed by atoms with van der Waals surface area (Å²) < 4.78 is 26.6. The molecule has 0 radical (unpaired) electrons. The molecular weight excluding hydrogens is 290 g/mol. The first-order valence-corrected chi connectivity index (χ1v) is 7.81. The molecule has 0 amide bonds. The van der Waals surface area contributed by atoms with Gasteiger partial charge >= 0.3 is 5.97 Å². The van der Waals surface area contributed by atoms with E-state index in [1.54, 1.807) is 13.8 Å². The summed E-state index contributed by atoms with van der Waals surface area (Å²) in [5.41, 5.74) is -2.37. The van der Waals surface area contributed by atoms with Gasteiger partial charge in [-0.15, -0.1) is 11.3 Å². The van der Waals surface area contributed by atoms with E-state index in [-0.39, 0.29) is 9.77 Å². The van der Waals surface area contributed by atoms with E-state index in [1.165, 1.54) is 19.2 Å². The van der Waals surface area contributed by atoms with Crippen molar-refractivity contribution in [3.05, 3.63) is 16.3 Å². The fourth-order valence-corrected chi connectivity index (χ4v) is 3.74. The molecule has 1 heterocycles. The van der Waals surface area contributed by atoms with Gasteiger partial charge in [-0.2, -0.15) is 0 Å². The van der Waals surface area contributed by atoms with Crippen LogP contribution in [0.2, 0.25) is 0 Å². The van der Waals surface area contributed by atoms with Crippen LogP contribution in [-0.2, 0) is 10.0 Å².